The minimum atomic E-state index is -3.11. The van der Waals surface area contributed by atoms with Crippen LogP contribution in [0, 0.1) is 0 Å². The molecular formula is C13H27N3O2S. The molecule has 0 aliphatic heterocycles. The van der Waals surface area contributed by atoms with Gasteiger partial charge in [-0.15, -0.1) is 0 Å². The molecule has 2 aliphatic rings. The third-order valence-corrected chi connectivity index (χ3v) is 5.45. The van der Waals surface area contributed by atoms with Crippen molar-refractivity contribution < 1.29 is 8.42 Å². The van der Waals surface area contributed by atoms with Crippen LogP contribution < -0.4 is 10.0 Å². The predicted octanol–water partition coefficient (Wildman–Crippen LogP) is 0.531. The topological polar surface area (TPSA) is 61.4 Å². The first-order chi connectivity index (χ1) is 8.98. The molecule has 0 aromatic rings. The molecule has 6 heteroatoms. The molecule has 112 valence electrons. The maximum atomic E-state index is 11.8. The van der Waals surface area contributed by atoms with E-state index in [4.69, 9.17) is 0 Å². The van der Waals surface area contributed by atoms with Gasteiger partial charge in [0.25, 0.3) is 0 Å². The van der Waals surface area contributed by atoms with Gasteiger partial charge in [0.05, 0.1) is 5.75 Å². The predicted molar refractivity (Wildman–Crippen MR) is 77.7 cm³/mol. The van der Waals surface area contributed by atoms with E-state index in [0.717, 1.165) is 6.54 Å². The number of likely N-dealkylation sites (N-methyl/N-ethyl adjacent to an activating group) is 1. The molecule has 0 saturated heterocycles. The molecule has 0 aromatic carbocycles. The van der Waals surface area contributed by atoms with Crippen LogP contribution in [-0.2, 0) is 10.0 Å². The third kappa shape index (κ3) is 5.77. The van der Waals surface area contributed by atoms with E-state index < -0.39 is 10.0 Å². The van der Waals surface area contributed by atoms with E-state index in [9.17, 15) is 8.42 Å². The summed E-state index contributed by atoms with van der Waals surface area (Å²) in [4.78, 5) is 2.27. The molecule has 0 spiro atoms. The van der Waals surface area contributed by atoms with E-state index in [-0.39, 0.29) is 11.8 Å². The third-order valence-electron chi connectivity index (χ3n) is 4.02. The fourth-order valence-electron chi connectivity index (χ4n) is 2.16. The normalized spacial score (nSPS) is 21.8. The smallest absolute Gasteiger partial charge is 0.211 e. The standard InChI is InChI=1S/C13H27N3O2S/c1-11(16(2)13-6-7-13)10-15-19(17,18)9-3-8-14-12-4-5-12/h11-15H,3-10H2,1-2H3. The van der Waals surface area contributed by atoms with Gasteiger partial charge >= 0.3 is 0 Å². The van der Waals surface area contributed by atoms with Crippen LogP contribution in [0.15, 0.2) is 0 Å². The van der Waals surface area contributed by atoms with Crippen LogP contribution >= 0.6 is 0 Å². The van der Waals surface area contributed by atoms with Crippen LogP contribution in [-0.4, -0.2) is 57.3 Å². The Kier molecular flexibility index (Phi) is 5.22. The Morgan fingerprint density at radius 2 is 1.95 bits per heavy atom. The van der Waals surface area contributed by atoms with Crippen molar-refractivity contribution in [2.75, 3.05) is 25.9 Å². The molecule has 2 fully saturated rings. The van der Waals surface area contributed by atoms with Crippen LogP contribution in [0.25, 0.3) is 0 Å². The van der Waals surface area contributed by atoms with Gasteiger partial charge < -0.3 is 5.32 Å². The van der Waals surface area contributed by atoms with Gasteiger partial charge in [0.2, 0.25) is 10.0 Å². The summed E-state index contributed by atoms with van der Waals surface area (Å²) >= 11 is 0. The number of sulfonamides is 1. The first-order valence-corrected chi connectivity index (χ1v) is 9.06. The highest BCUT2D eigenvalue weighted by molar-refractivity contribution is 7.89. The summed E-state index contributed by atoms with van der Waals surface area (Å²) in [6, 6.07) is 1.59. The fourth-order valence-corrected chi connectivity index (χ4v) is 3.33. The average Bonchev–Trinajstić information content (AvgIpc) is 3.24. The monoisotopic (exact) mass is 289 g/mol. The molecule has 2 N–H and O–H groups in total. The largest absolute Gasteiger partial charge is 0.314 e. The van der Waals surface area contributed by atoms with E-state index in [1.165, 1.54) is 25.7 Å². The second-order valence-corrected chi connectivity index (χ2v) is 7.92. The Labute approximate surface area is 117 Å². The second kappa shape index (κ2) is 6.52. The first kappa shape index (κ1) is 15.2. The highest BCUT2D eigenvalue weighted by Crippen LogP contribution is 2.26. The van der Waals surface area contributed by atoms with E-state index in [0.29, 0.717) is 25.0 Å². The molecule has 0 bridgehead atoms. The number of hydrogen-bond donors (Lipinski definition) is 2. The van der Waals surface area contributed by atoms with Crippen molar-refractivity contribution in [1.29, 1.82) is 0 Å². The number of nitrogens with zero attached hydrogens (tertiary/aromatic N) is 1. The van der Waals surface area contributed by atoms with Gasteiger partial charge in [-0.3, -0.25) is 4.90 Å². The molecule has 19 heavy (non-hydrogen) atoms. The highest BCUT2D eigenvalue weighted by Gasteiger charge is 2.29. The molecule has 1 unspecified atom stereocenters. The molecular weight excluding hydrogens is 262 g/mol. The molecule has 0 aromatic heterocycles. The van der Waals surface area contributed by atoms with E-state index in [2.05, 4.69) is 28.9 Å². The highest BCUT2D eigenvalue weighted by atomic mass is 32.2. The zero-order chi connectivity index (χ0) is 13.9. The zero-order valence-corrected chi connectivity index (χ0v) is 12.9. The minimum Gasteiger partial charge on any atom is -0.314 e. The quantitative estimate of drug-likeness (QED) is 0.576. The Morgan fingerprint density at radius 3 is 2.53 bits per heavy atom. The fraction of sp³-hybridized carbons (Fsp3) is 1.00. The van der Waals surface area contributed by atoms with Crippen LogP contribution in [0.2, 0.25) is 0 Å². The van der Waals surface area contributed by atoms with Gasteiger partial charge in [0.15, 0.2) is 0 Å². The lowest BCUT2D eigenvalue weighted by molar-refractivity contribution is 0.248. The van der Waals surface area contributed by atoms with Crippen molar-refractivity contribution >= 4 is 10.0 Å². The Hall–Kier alpha value is -0.170. The molecule has 1 atom stereocenters. The molecule has 0 amide bonds. The van der Waals surface area contributed by atoms with Gasteiger partial charge in [-0.2, -0.15) is 0 Å². The van der Waals surface area contributed by atoms with Crippen LogP contribution in [0.5, 0.6) is 0 Å². The molecule has 0 heterocycles. The summed E-state index contributed by atoms with van der Waals surface area (Å²) < 4.78 is 26.4. The SMILES string of the molecule is CC(CNS(=O)(=O)CCCNC1CC1)N(C)C1CC1. The Morgan fingerprint density at radius 1 is 1.26 bits per heavy atom. The lowest BCUT2D eigenvalue weighted by Crippen LogP contribution is -2.42. The number of rotatable bonds is 10. The maximum Gasteiger partial charge on any atom is 0.211 e. The summed E-state index contributed by atoms with van der Waals surface area (Å²) in [6.45, 7) is 3.41. The Bertz CT molecular complexity index is 377. The van der Waals surface area contributed by atoms with Gasteiger partial charge in [0, 0.05) is 24.7 Å². The molecule has 5 nitrogen and oxygen atoms in total. The van der Waals surface area contributed by atoms with Crippen LogP contribution in [0.4, 0.5) is 0 Å². The molecule has 0 radical (unpaired) electrons. The van der Waals surface area contributed by atoms with Crippen molar-refractivity contribution in [2.24, 2.45) is 0 Å². The van der Waals surface area contributed by atoms with Gasteiger partial charge in [0.1, 0.15) is 0 Å². The zero-order valence-electron chi connectivity index (χ0n) is 12.1. The van der Waals surface area contributed by atoms with Gasteiger partial charge in [-0.1, -0.05) is 0 Å². The van der Waals surface area contributed by atoms with Crippen LogP contribution in [0.1, 0.15) is 39.0 Å². The van der Waals surface area contributed by atoms with E-state index >= 15 is 0 Å². The molecule has 2 aliphatic carbocycles. The van der Waals surface area contributed by atoms with Crippen molar-refractivity contribution in [3.8, 4) is 0 Å². The number of hydrogen-bond acceptors (Lipinski definition) is 4. The summed E-state index contributed by atoms with van der Waals surface area (Å²) in [6.07, 6.45) is 5.69. The maximum absolute atomic E-state index is 11.8. The van der Waals surface area contributed by atoms with Crippen LogP contribution in [0.3, 0.4) is 0 Å². The lowest BCUT2D eigenvalue weighted by Gasteiger charge is -2.24. The summed E-state index contributed by atoms with van der Waals surface area (Å²) in [5.41, 5.74) is 0. The van der Waals surface area contributed by atoms with E-state index in [1.807, 2.05) is 0 Å². The van der Waals surface area contributed by atoms with E-state index in [1.54, 1.807) is 0 Å². The number of nitrogens with one attached hydrogen (secondary N) is 2. The van der Waals surface area contributed by atoms with Crippen molar-refractivity contribution in [2.45, 2.75) is 57.2 Å². The van der Waals surface area contributed by atoms with Crippen molar-refractivity contribution in [1.82, 2.24) is 14.9 Å². The van der Waals surface area contributed by atoms with Gasteiger partial charge in [-0.25, -0.2) is 13.1 Å². The van der Waals surface area contributed by atoms with Crippen molar-refractivity contribution in [3.05, 3.63) is 0 Å². The average molecular weight is 289 g/mol. The van der Waals surface area contributed by atoms with Crippen molar-refractivity contribution in [3.63, 3.8) is 0 Å². The summed E-state index contributed by atoms with van der Waals surface area (Å²) in [5.74, 6) is 0.229. The first-order valence-electron chi connectivity index (χ1n) is 7.40. The Balaban J connectivity index is 1.58. The molecule has 2 rings (SSSR count). The minimum absolute atomic E-state index is 0.229. The second-order valence-electron chi connectivity index (χ2n) is 5.99. The lowest BCUT2D eigenvalue weighted by atomic mass is 10.3. The molecule has 2 saturated carbocycles. The van der Waals surface area contributed by atoms with Gasteiger partial charge in [-0.05, 0) is 52.6 Å². The summed E-state index contributed by atoms with van der Waals surface area (Å²) in [5, 5.41) is 3.34. The summed E-state index contributed by atoms with van der Waals surface area (Å²) in [7, 11) is -1.03.